The highest BCUT2D eigenvalue weighted by atomic mass is 32.2. The topological polar surface area (TPSA) is 55.1 Å². The number of nitrogens with zero attached hydrogens (tertiary/aromatic N) is 4. The lowest BCUT2D eigenvalue weighted by Gasteiger charge is -2.36. The lowest BCUT2D eigenvalue weighted by Crippen LogP contribution is -2.47. The summed E-state index contributed by atoms with van der Waals surface area (Å²) < 4.78 is 2.04. The highest BCUT2D eigenvalue weighted by molar-refractivity contribution is 8.14. The normalized spacial score (nSPS) is 31.9. The molecular weight excluding hydrogens is 270 g/mol. The molecule has 2 aliphatic rings. The van der Waals surface area contributed by atoms with Crippen LogP contribution in [0.1, 0.15) is 45.4 Å². The van der Waals surface area contributed by atoms with E-state index in [2.05, 4.69) is 29.4 Å². The molecule has 2 heterocycles. The predicted octanol–water partition coefficient (Wildman–Crippen LogP) is 2.44. The first-order chi connectivity index (χ1) is 9.71. The van der Waals surface area contributed by atoms with Crippen LogP contribution in [0.25, 0.3) is 0 Å². The summed E-state index contributed by atoms with van der Waals surface area (Å²) in [5.41, 5.74) is 0.305. The van der Waals surface area contributed by atoms with Gasteiger partial charge in [0.1, 0.15) is 12.9 Å². The van der Waals surface area contributed by atoms with Gasteiger partial charge in [-0.15, -0.1) is 10.2 Å². The predicted molar refractivity (Wildman–Crippen MR) is 82.8 cm³/mol. The van der Waals surface area contributed by atoms with E-state index < -0.39 is 0 Å². The summed E-state index contributed by atoms with van der Waals surface area (Å²) >= 11 is 1.87. The van der Waals surface area contributed by atoms with Crippen molar-refractivity contribution < 1.29 is 0 Å². The van der Waals surface area contributed by atoms with E-state index in [9.17, 15) is 0 Å². The minimum atomic E-state index is 0.305. The summed E-state index contributed by atoms with van der Waals surface area (Å²) in [6, 6.07) is 0. The molecule has 1 spiro atoms. The summed E-state index contributed by atoms with van der Waals surface area (Å²) in [7, 11) is 0. The maximum absolute atomic E-state index is 4.69. The zero-order chi connectivity index (χ0) is 14.0. The minimum absolute atomic E-state index is 0.305. The summed E-state index contributed by atoms with van der Waals surface area (Å²) in [6.07, 6.45) is 7.06. The van der Waals surface area contributed by atoms with E-state index in [1.165, 1.54) is 25.7 Å². The third-order valence-corrected chi connectivity index (χ3v) is 5.55. The highest BCUT2D eigenvalue weighted by Crippen LogP contribution is 2.38. The van der Waals surface area contributed by atoms with Gasteiger partial charge in [-0.3, -0.25) is 4.99 Å². The van der Waals surface area contributed by atoms with Gasteiger partial charge >= 0.3 is 0 Å². The zero-order valence-corrected chi connectivity index (χ0v) is 13.1. The van der Waals surface area contributed by atoms with Crippen molar-refractivity contribution in [2.45, 2.75) is 58.2 Å². The minimum Gasteiger partial charge on any atom is -0.359 e. The molecule has 1 aliphatic carbocycles. The Morgan fingerprint density at radius 2 is 2.50 bits per heavy atom. The fourth-order valence-corrected chi connectivity index (χ4v) is 4.50. The molecule has 2 unspecified atom stereocenters. The molecule has 1 aliphatic heterocycles. The standard InChI is InChI=1S/C14H23N5S/c1-3-19-10-16-18-12(19)8-15-13-17-14(9-20-13)6-4-5-11(2)7-14/h10-11H,3-9H2,1-2H3,(H,15,17). The number of nitrogens with one attached hydrogen (secondary N) is 1. The second kappa shape index (κ2) is 5.76. The molecule has 2 fully saturated rings. The van der Waals surface area contributed by atoms with Crippen molar-refractivity contribution in [3.8, 4) is 0 Å². The van der Waals surface area contributed by atoms with Crippen molar-refractivity contribution in [3.05, 3.63) is 12.2 Å². The smallest absolute Gasteiger partial charge is 0.157 e. The third-order valence-electron chi connectivity index (χ3n) is 4.35. The lowest BCUT2D eigenvalue weighted by atomic mass is 9.78. The van der Waals surface area contributed by atoms with Gasteiger partial charge < -0.3 is 9.88 Å². The van der Waals surface area contributed by atoms with E-state index in [4.69, 9.17) is 4.99 Å². The Labute approximate surface area is 124 Å². The first-order valence-corrected chi connectivity index (χ1v) is 8.51. The first kappa shape index (κ1) is 13.9. The number of aromatic nitrogens is 3. The molecule has 110 valence electrons. The summed E-state index contributed by atoms with van der Waals surface area (Å²) in [5, 5.41) is 12.9. The van der Waals surface area contributed by atoms with Crippen LogP contribution in [0.5, 0.6) is 0 Å². The zero-order valence-electron chi connectivity index (χ0n) is 12.3. The molecule has 2 atom stereocenters. The molecule has 0 aromatic carbocycles. The SMILES string of the molecule is CCn1cnnc1CN=C1NC2(CCCC(C)C2)CS1. The van der Waals surface area contributed by atoms with Gasteiger partial charge in [-0.05, 0) is 25.7 Å². The van der Waals surface area contributed by atoms with Crippen LogP contribution in [0.2, 0.25) is 0 Å². The van der Waals surface area contributed by atoms with E-state index in [0.29, 0.717) is 12.1 Å². The second-order valence-corrected chi connectivity index (χ2v) is 7.01. The van der Waals surface area contributed by atoms with Gasteiger partial charge in [0, 0.05) is 17.8 Å². The van der Waals surface area contributed by atoms with E-state index in [-0.39, 0.29) is 0 Å². The van der Waals surface area contributed by atoms with Gasteiger partial charge in [-0.25, -0.2) is 0 Å². The van der Waals surface area contributed by atoms with Gasteiger partial charge in [-0.2, -0.15) is 0 Å². The number of aryl methyl sites for hydroxylation is 1. The van der Waals surface area contributed by atoms with Crippen LogP contribution in [0.4, 0.5) is 0 Å². The quantitative estimate of drug-likeness (QED) is 0.930. The Kier molecular flexibility index (Phi) is 4.01. The molecule has 1 saturated carbocycles. The Bertz CT molecular complexity index is 498. The van der Waals surface area contributed by atoms with E-state index in [1.807, 2.05) is 16.3 Å². The number of rotatable bonds is 3. The molecule has 6 heteroatoms. The van der Waals surface area contributed by atoms with Crippen molar-refractivity contribution in [1.82, 2.24) is 20.1 Å². The van der Waals surface area contributed by atoms with Gasteiger partial charge in [0.2, 0.25) is 0 Å². The van der Waals surface area contributed by atoms with Crippen LogP contribution < -0.4 is 5.32 Å². The van der Waals surface area contributed by atoms with Gasteiger partial charge in [0.05, 0.1) is 0 Å². The third kappa shape index (κ3) is 2.85. The Morgan fingerprint density at radius 1 is 1.60 bits per heavy atom. The van der Waals surface area contributed by atoms with Crippen LogP contribution in [-0.4, -0.2) is 31.2 Å². The van der Waals surface area contributed by atoms with Crippen LogP contribution in [-0.2, 0) is 13.1 Å². The van der Waals surface area contributed by atoms with Crippen LogP contribution in [0.15, 0.2) is 11.3 Å². The fourth-order valence-electron chi connectivity index (χ4n) is 3.30. The van der Waals surface area contributed by atoms with Crippen molar-refractivity contribution >= 4 is 16.9 Å². The average Bonchev–Trinajstić information content (AvgIpc) is 3.03. The number of hydrogen-bond acceptors (Lipinski definition) is 4. The lowest BCUT2D eigenvalue weighted by molar-refractivity contribution is 0.242. The summed E-state index contributed by atoms with van der Waals surface area (Å²) in [5.74, 6) is 2.94. The second-order valence-electron chi connectivity index (χ2n) is 6.05. The maximum Gasteiger partial charge on any atom is 0.157 e. The average molecular weight is 293 g/mol. The van der Waals surface area contributed by atoms with Crippen LogP contribution in [0.3, 0.4) is 0 Å². The first-order valence-electron chi connectivity index (χ1n) is 7.53. The fraction of sp³-hybridized carbons (Fsp3) is 0.786. The van der Waals surface area contributed by atoms with Crippen molar-refractivity contribution in [2.75, 3.05) is 5.75 Å². The van der Waals surface area contributed by atoms with Crippen LogP contribution in [0, 0.1) is 5.92 Å². The van der Waals surface area contributed by atoms with E-state index in [1.54, 1.807) is 6.33 Å². The highest BCUT2D eigenvalue weighted by Gasteiger charge is 2.40. The molecule has 0 amide bonds. The molecule has 0 bridgehead atoms. The molecule has 0 radical (unpaired) electrons. The molecule has 5 nitrogen and oxygen atoms in total. The summed E-state index contributed by atoms with van der Waals surface area (Å²) in [4.78, 5) is 4.69. The summed E-state index contributed by atoms with van der Waals surface area (Å²) in [6.45, 7) is 5.98. The van der Waals surface area contributed by atoms with Crippen molar-refractivity contribution in [1.29, 1.82) is 0 Å². The molecule has 3 rings (SSSR count). The van der Waals surface area contributed by atoms with E-state index >= 15 is 0 Å². The van der Waals surface area contributed by atoms with Crippen molar-refractivity contribution in [2.24, 2.45) is 10.9 Å². The van der Waals surface area contributed by atoms with Gasteiger partial charge in [0.15, 0.2) is 11.0 Å². The number of hydrogen-bond donors (Lipinski definition) is 1. The number of thioether (sulfide) groups is 1. The van der Waals surface area contributed by atoms with Gasteiger partial charge in [0.25, 0.3) is 0 Å². The van der Waals surface area contributed by atoms with E-state index in [0.717, 1.165) is 29.2 Å². The largest absolute Gasteiger partial charge is 0.359 e. The molecule has 1 saturated heterocycles. The Balaban J connectivity index is 1.63. The Morgan fingerprint density at radius 3 is 3.30 bits per heavy atom. The molecular formula is C14H23N5S. The molecule has 20 heavy (non-hydrogen) atoms. The maximum atomic E-state index is 4.69. The molecule has 1 aromatic rings. The monoisotopic (exact) mass is 293 g/mol. The van der Waals surface area contributed by atoms with Gasteiger partial charge in [-0.1, -0.05) is 31.5 Å². The molecule has 1 N–H and O–H groups in total. The Hall–Kier alpha value is -1.04. The number of amidine groups is 1. The van der Waals surface area contributed by atoms with Crippen LogP contribution >= 0.6 is 11.8 Å². The number of aliphatic imine (C=N–C) groups is 1. The van der Waals surface area contributed by atoms with Crippen molar-refractivity contribution in [3.63, 3.8) is 0 Å². The molecule has 1 aromatic heterocycles.